The molecule has 4 aliphatic rings. The minimum Gasteiger partial charge on any atom is -0.508 e. The number of nitrogens with zero attached hydrogens (tertiary/aromatic N) is 5. The fraction of sp³-hybridized carbons (Fsp3) is 0.500. The molecule has 0 amide bonds. The highest BCUT2D eigenvalue weighted by atomic mass is 32.1. The van der Waals surface area contributed by atoms with Gasteiger partial charge in [-0.1, -0.05) is 91.8 Å². The summed E-state index contributed by atoms with van der Waals surface area (Å²) in [6, 6.07) is 5.56. The SMILES string of the molecule is C=C(O)C1=CN2C(=CC1=C)c1cc(CC)c(CCCCCCCN3CCN(CC4=C(C(=C)CC)CN=C(c5nccs5)N4)C(C(=C)C)C3)cc1CC2C(C)(C)C. The van der Waals surface area contributed by atoms with Gasteiger partial charge in [0, 0.05) is 78.6 Å². The number of aliphatic imine (C=N–C) groups is 1. The van der Waals surface area contributed by atoms with E-state index in [-0.39, 0.29) is 17.2 Å². The number of rotatable bonds is 16. The molecule has 0 radical (unpaired) electrons. The molecule has 300 valence electrons. The van der Waals surface area contributed by atoms with Crippen molar-refractivity contribution >= 4 is 22.9 Å². The molecule has 7 nitrogen and oxygen atoms in total. The summed E-state index contributed by atoms with van der Waals surface area (Å²) in [5.41, 5.74) is 13.4. The topological polar surface area (TPSA) is 67.2 Å². The number of unbranched alkanes of at least 4 members (excludes halogenated alkanes) is 4. The number of aryl methyl sites for hydroxylation is 2. The van der Waals surface area contributed by atoms with Crippen LogP contribution in [0, 0.1) is 5.41 Å². The molecule has 2 aromatic rings. The van der Waals surface area contributed by atoms with Gasteiger partial charge >= 0.3 is 0 Å². The number of allylic oxidation sites excluding steroid dienone is 2. The molecule has 0 spiro atoms. The van der Waals surface area contributed by atoms with Crippen molar-refractivity contribution in [2.24, 2.45) is 10.4 Å². The molecule has 0 bridgehead atoms. The Balaban J connectivity index is 0.996. The van der Waals surface area contributed by atoms with E-state index in [0.717, 1.165) is 86.0 Å². The van der Waals surface area contributed by atoms with Gasteiger partial charge < -0.3 is 20.2 Å². The van der Waals surface area contributed by atoms with Gasteiger partial charge in [0.1, 0.15) is 5.76 Å². The summed E-state index contributed by atoms with van der Waals surface area (Å²) in [7, 11) is 0. The summed E-state index contributed by atoms with van der Waals surface area (Å²) in [4.78, 5) is 17.0. The number of amidine groups is 1. The molecule has 8 heteroatoms. The predicted molar refractivity (Wildman–Crippen MR) is 238 cm³/mol. The van der Waals surface area contributed by atoms with Crippen LogP contribution in [-0.4, -0.2) is 82.0 Å². The molecule has 1 aromatic carbocycles. The van der Waals surface area contributed by atoms with Crippen molar-refractivity contribution in [2.45, 2.75) is 111 Å². The van der Waals surface area contributed by atoms with Crippen LogP contribution in [0.4, 0.5) is 0 Å². The fourth-order valence-electron chi connectivity index (χ4n) is 8.85. The minimum atomic E-state index is 0.0531. The lowest BCUT2D eigenvalue weighted by Crippen LogP contribution is -2.55. The first kappa shape index (κ1) is 41.6. The Labute approximate surface area is 341 Å². The Hall–Kier alpha value is -3.98. The lowest BCUT2D eigenvalue weighted by atomic mass is 9.75. The monoisotopic (exact) mass is 775 g/mol. The Bertz CT molecular complexity index is 1940. The van der Waals surface area contributed by atoms with Gasteiger partial charge in [-0.15, -0.1) is 11.3 Å². The Morgan fingerprint density at radius 3 is 2.48 bits per heavy atom. The quantitative estimate of drug-likeness (QED) is 0.101. The first-order valence-electron chi connectivity index (χ1n) is 21.0. The van der Waals surface area contributed by atoms with E-state index in [1.807, 2.05) is 11.6 Å². The smallest absolute Gasteiger partial charge is 0.162 e. The molecule has 2 N–H and O–H groups in total. The Morgan fingerprint density at radius 2 is 1.80 bits per heavy atom. The van der Waals surface area contributed by atoms with E-state index in [1.54, 1.807) is 11.3 Å². The summed E-state index contributed by atoms with van der Waals surface area (Å²) < 4.78 is 0. The number of piperazine rings is 1. The number of aromatic nitrogens is 1. The summed E-state index contributed by atoms with van der Waals surface area (Å²) in [5, 5.41) is 16.9. The van der Waals surface area contributed by atoms with Crippen molar-refractivity contribution in [1.29, 1.82) is 0 Å². The zero-order valence-electron chi connectivity index (χ0n) is 35.1. The number of thiazole rings is 1. The molecule has 1 aromatic heterocycles. The van der Waals surface area contributed by atoms with Crippen LogP contribution in [0.1, 0.15) is 107 Å². The highest BCUT2D eigenvalue weighted by Crippen LogP contribution is 2.44. The average Bonchev–Trinajstić information content (AvgIpc) is 3.71. The van der Waals surface area contributed by atoms with Crippen LogP contribution < -0.4 is 5.32 Å². The summed E-state index contributed by atoms with van der Waals surface area (Å²) in [6.45, 7) is 36.3. The maximum Gasteiger partial charge on any atom is 0.162 e. The number of hydrogen-bond donors (Lipinski definition) is 2. The van der Waals surface area contributed by atoms with Gasteiger partial charge in [-0.25, -0.2) is 4.98 Å². The van der Waals surface area contributed by atoms with Gasteiger partial charge in [-0.2, -0.15) is 0 Å². The molecule has 1 fully saturated rings. The molecule has 2 atom stereocenters. The van der Waals surface area contributed by atoms with Crippen LogP contribution in [0.15, 0.2) is 107 Å². The standard InChI is InChI=1S/C48H66N6OS/c1-11-33(5)40-28-50-46(47-49-19-23-56-47)51-42(40)30-53-22-21-52(31-44(53)32(3)4)20-17-15-13-14-16-18-37-25-38-27-45(48(8,9)10)54-29-41(35(7)55)34(6)24-43(54)39(38)26-36(37)12-2/h19,23-26,29,44-45,55H,3,5-7,11-18,20-22,27-28,30-31H2,1-2,4,8-10H3,(H,50,51). The Kier molecular flexibility index (Phi) is 13.4. The van der Waals surface area contributed by atoms with Gasteiger partial charge in [0.2, 0.25) is 0 Å². The van der Waals surface area contributed by atoms with E-state index in [4.69, 9.17) is 4.99 Å². The first-order chi connectivity index (χ1) is 26.8. The van der Waals surface area contributed by atoms with Crippen molar-refractivity contribution < 1.29 is 5.11 Å². The molecule has 4 aliphatic heterocycles. The lowest BCUT2D eigenvalue weighted by Gasteiger charge is -2.47. The number of benzene rings is 1. The predicted octanol–water partition coefficient (Wildman–Crippen LogP) is 10.2. The van der Waals surface area contributed by atoms with Crippen molar-refractivity contribution in [1.82, 2.24) is 25.0 Å². The second-order valence-electron chi connectivity index (χ2n) is 17.4. The van der Waals surface area contributed by atoms with Crippen molar-refractivity contribution in [3.63, 3.8) is 0 Å². The van der Waals surface area contributed by atoms with E-state index in [0.29, 0.717) is 12.6 Å². The third-order valence-electron chi connectivity index (χ3n) is 12.3. The van der Waals surface area contributed by atoms with Gasteiger partial charge in [0.15, 0.2) is 10.8 Å². The number of aliphatic hydroxyl groups is 1. The maximum atomic E-state index is 10.3. The van der Waals surface area contributed by atoms with Crippen molar-refractivity contribution in [3.05, 3.63) is 129 Å². The fourth-order valence-corrected chi connectivity index (χ4v) is 9.45. The van der Waals surface area contributed by atoms with E-state index in [2.05, 4.69) is 117 Å². The molecular formula is C48H66N6OS. The Morgan fingerprint density at radius 1 is 1.04 bits per heavy atom. The highest BCUT2D eigenvalue weighted by Gasteiger charge is 2.38. The highest BCUT2D eigenvalue weighted by molar-refractivity contribution is 7.11. The van der Waals surface area contributed by atoms with Crippen LogP contribution in [0.25, 0.3) is 5.70 Å². The third-order valence-corrected chi connectivity index (χ3v) is 13.1. The van der Waals surface area contributed by atoms with Gasteiger partial charge in [-0.05, 0) is 103 Å². The van der Waals surface area contributed by atoms with Crippen LogP contribution in [0.2, 0.25) is 0 Å². The zero-order valence-corrected chi connectivity index (χ0v) is 36.0. The molecule has 0 saturated carbocycles. The minimum absolute atomic E-state index is 0.0531. The zero-order chi connectivity index (χ0) is 40.1. The summed E-state index contributed by atoms with van der Waals surface area (Å²) >= 11 is 1.62. The first-order valence-corrected chi connectivity index (χ1v) is 21.8. The average molecular weight is 775 g/mol. The summed E-state index contributed by atoms with van der Waals surface area (Å²) in [5.74, 6) is 0.954. The molecular weight excluding hydrogens is 709 g/mol. The van der Waals surface area contributed by atoms with E-state index >= 15 is 0 Å². The number of nitrogens with one attached hydrogen (secondary N) is 1. The second-order valence-corrected chi connectivity index (χ2v) is 18.3. The number of hydrogen-bond acceptors (Lipinski definition) is 8. The van der Waals surface area contributed by atoms with E-state index in [9.17, 15) is 5.11 Å². The molecule has 6 rings (SSSR count). The van der Waals surface area contributed by atoms with Gasteiger partial charge in [-0.3, -0.25) is 9.89 Å². The second kappa shape index (κ2) is 18.1. The van der Waals surface area contributed by atoms with Crippen LogP contribution in [0.3, 0.4) is 0 Å². The van der Waals surface area contributed by atoms with Crippen LogP contribution in [0.5, 0.6) is 0 Å². The molecule has 0 aliphatic carbocycles. The third kappa shape index (κ3) is 9.41. The normalized spacial score (nSPS) is 20.5. The molecule has 1 saturated heterocycles. The van der Waals surface area contributed by atoms with Crippen LogP contribution in [-0.2, 0) is 19.3 Å². The van der Waals surface area contributed by atoms with E-state index < -0.39 is 0 Å². The largest absolute Gasteiger partial charge is 0.508 e. The van der Waals surface area contributed by atoms with Gasteiger partial charge in [0.25, 0.3) is 0 Å². The van der Waals surface area contributed by atoms with Crippen molar-refractivity contribution in [2.75, 3.05) is 39.3 Å². The lowest BCUT2D eigenvalue weighted by molar-refractivity contribution is 0.0972. The van der Waals surface area contributed by atoms with Crippen molar-refractivity contribution in [3.8, 4) is 0 Å². The van der Waals surface area contributed by atoms with Gasteiger partial charge in [0.05, 0.1) is 6.54 Å². The van der Waals surface area contributed by atoms with Crippen LogP contribution >= 0.6 is 11.3 Å². The molecule has 2 unspecified atom stereocenters. The van der Waals surface area contributed by atoms with E-state index in [1.165, 1.54) is 76.9 Å². The maximum absolute atomic E-state index is 10.3. The summed E-state index contributed by atoms with van der Waals surface area (Å²) in [6.07, 6.45) is 16.4. The number of aliphatic hydroxyl groups excluding tert-OH is 1. The molecule has 56 heavy (non-hydrogen) atoms. The number of fused-ring (bicyclic) bond motifs is 3. The molecule has 5 heterocycles.